The van der Waals surface area contributed by atoms with E-state index in [1.807, 2.05) is 0 Å². The first-order valence-corrected chi connectivity index (χ1v) is 4.47. The summed E-state index contributed by atoms with van der Waals surface area (Å²) in [6, 6.07) is 0. The van der Waals surface area contributed by atoms with E-state index in [0.717, 1.165) is 9.88 Å². The van der Waals surface area contributed by atoms with Gasteiger partial charge in [0.25, 0.3) is 0 Å². The first-order valence-electron chi connectivity index (χ1n) is 3.10. The van der Waals surface area contributed by atoms with Crippen molar-refractivity contribution in [2.24, 2.45) is 0 Å². The first-order chi connectivity index (χ1) is 4.86. The van der Waals surface area contributed by atoms with Crippen molar-refractivity contribution in [2.75, 3.05) is 14.1 Å². The molecule has 0 saturated heterocycles. The summed E-state index contributed by atoms with van der Waals surface area (Å²) < 4.78 is 27.3. The normalized spacial score (nSPS) is 11.4. The van der Waals surface area contributed by atoms with E-state index in [4.69, 9.17) is 0 Å². The quantitative estimate of drug-likeness (QED) is 0.600. The maximum atomic E-state index is 10.9. The fourth-order valence-corrected chi connectivity index (χ4v) is 0.729. The van der Waals surface area contributed by atoms with Gasteiger partial charge >= 0.3 is 10.3 Å². The van der Waals surface area contributed by atoms with E-state index in [1.54, 1.807) is 13.8 Å². The summed E-state index contributed by atoms with van der Waals surface area (Å²) in [4.78, 5) is 0. The van der Waals surface area contributed by atoms with Crippen LogP contribution in [0.25, 0.3) is 0 Å². The molecule has 0 N–H and O–H groups in total. The smallest absolute Gasteiger partial charge is 0.379 e. The van der Waals surface area contributed by atoms with Crippen molar-refractivity contribution < 1.29 is 12.6 Å². The summed E-state index contributed by atoms with van der Waals surface area (Å²) in [7, 11) is -0.715. The molecule has 0 bridgehead atoms. The van der Waals surface area contributed by atoms with E-state index in [-0.39, 0.29) is 0 Å². The van der Waals surface area contributed by atoms with Crippen LogP contribution in [0.2, 0.25) is 0 Å². The second-order valence-electron chi connectivity index (χ2n) is 2.53. The molecule has 0 aliphatic carbocycles. The summed E-state index contributed by atoms with van der Waals surface area (Å²) in [6.07, 6.45) is 1.20. The van der Waals surface area contributed by atoms with Crippen molar-refractivity contribution in [1.29, 1.82) is 0 Å². The molecule has 0 spiro atoms. The van der Waals surface area contributed by atoms with E-state index in [2.05, 4.69) is 4.18 Å². The predicted octanol–water partition coefficient (Wildman–Crippen LogP) is 0.733. The topological polar surface area (TPSA) is 46.6 Å². The molecule has 0 aromatic heterocycles. The molecule has 0 rings (SSSR count). The molecule has 0 radical (unpaired) electrons. The Morgan fingerprint density at radius 1 is 1.36 bits per heavy atom. The maximum absolute atomic E-state index is 10.9. The fraction of sp³-hybridized carbons (Fsp3) is 0.667. The van der Waals surface area contributed by atoms with E-state index < -0.39 is 10.3 Å². The van der Waals surface area contributed by atoms with Crippen LogP contribution < -0.4 is 0 Å². The van der Waals surface area contributed by atoms with Gasteiger partial charge in [0.05, 0.1) is 0 Å². The van der Waals surface area contributed by atoms with Crippen molar-refractivity contribution in [1.82, 2.24) is 4.31 Å². The monoisotopic (exact) mass is 179 g/mol. The van der Waals surface area contributed by atoms with Crippen LogP contribution in [0.4, 0.5) is 0 Å². The van der Waals surface area contributed by atoms with Gasteiger partial charge in [0.1, 0.15) is 6.26 Å². The SMILES string of the molecule is CC(C)=COS(=O)(=O)N(C)C. The summed E-state index contributed by atoms with van der Waals surface area (Å²) in [5.41, 5.74) is 0.801. The molecular formula is C6H13NO3S. The zero-order valence-electron chi connectivity index (χ0n) is 7.16. The van der Waals surface area contributed by atoms with Gasteiger partial charge < -0.3 is 4.18 Å². The van der Waals surface area contributed by atoms with Gasteiger partial charge in [-0.2, -0.15) is 12.7 Å². The van der Waals surface area contributed by atoms with Gasteiger partial charge in [-0.05, 0) is 19.4 Å². The molecule has 4 nitrogen and oxygen atoms in total. The van der Waals surface area contributed by atoms with Crippen LogP contribution in [-0.4, -0.2) is 26.8 Å². The van der Waals surface area contributed by atoms with Gasteiger partial charge in [-0.15, -0.1) is 0 Å². The summed E-state index contributed by atoms with van der Waals surface area (Å²) in [5.74, 6) is 0. The van der Waals surface area contributed by atoms with Crippen LogP contribution in [-0.2, 0) is 14.5 Å². The highest BCUT2D eigenvalue weighted by atomic mass is 32.2. The minimum Gasteiger partial charge on any atom is -0.379 e. The number of allylic oxidation sites excluding steroid dienone is 1. The Morgan fingerprint density at radius 3 is 2.09 bits per heavy atom. The van der Waals surface area contributed by atoms with Crippen LogP contribution in [0, 0.1) is 0 Å². The Kier molecular flexibility index (Phi) is 3.54. The molecule has 0 aliphatic heterocycles. The zero-order valence-corrected chi connectivity index (χ0v) is 7.97. The van der Waals surface area contributed by atoms with Gasteiger partial charge in [-0.25, -0.2) is 0 Å². The number of hydrogen-bond acceptors (Lipinski definition) is 3. The average Bonchev–Trinajstić information content (AvgIpc) is 1.84. The third-order valence-electron chi connectivity index (χ3n) is 0.853. The van der Waals surface area contributed by atoms with Crippen molar-refractivity contribution >= 4 is 10.3 Å². The highest BCUT2D eigenvalue weighted by Gasteiger charge is 2.11. The summed E-state index contributed by atoms with van der Waals surface area (Å²) in [5, 5.41) is 0. The lowest BCUT2D eigenvalue weighted by atomic mass is 10.4. The fourth-order valence-electron chi connectivity index (χ4n) is 0.243. The van der Waals surface area contributed by atoms with Crippen LogP contribution in [0.3, 0.4) is 0 Å². The zero-order chi connectivity index (χ0) is 9.07. The second kappa shape index (κ2) is 3.73. The Balaban J connectivity index is 4.28. The predicted molar refractivity (Wildman–Crippen MR) is 43.1 cm³/mol. The van der Waals surface area contributed by atoms with Crippen LogP contribution in [0.15, 0.2) is 11.8 Å². The molecule has 11 heavy (non-hydrogen) atoms. The van der Waals surface area contributed by atoms with Gasteiger partial charge in [0, 0.05) is 14.1 Å². The van der Waals surface area contributed by atoms with Crippen LogP contribution in [0.1, 0.15) is 13.8 Å². The first kappa shape index (κ1) is 10.4. The molecular weight excluding hydrogens is 166 g/mol. The summed E-state index contributed by atoms with van der Waals surface area (Å²) >= 11 is 0. The molecule has 0 aromatic rings. The number of rotatable bonds is 3. The van der Waals surface area contributed by atoms with Crippen molar-refractivity contribution in [3.05, 3.63) is 11.8 Å². The lowest BCUT2D eigenvalue weighted by molar-refractivity contribution is 0.385. The summed E-state index contributed by atoms with van der Waals surface area (Å²) in [6.45, 7) is 3.51. The van der Waals surface area contributed by atoms with Gasteiger partial charge in [0.15, 0.2) is 0 Å². The van der Waals surface area contributed by atoms with E-state index >= 15 is 0 Å². The van der Waals surface area contributed by atoms with E-state index in [1.165, 1.54) is 20.4 Å². The van der Waals surface area contributed by atoms with Gasteiger partial charge in [0.2, 0.25) is 0 Å². The standard InChI is InChI=1S/C6H13NO3S/c1-6(2)5-10-11(8,9)7(3)4/h5H,1-4H3. The van der Waals surface area contributed by atoms with E-state index in [0.29, 0.717) is 0 Å². The third kappa shape index (κ3) is 4.00. The average molecular weight is 179 g/mol. The minimum absolute atomic E-state index is 0.801. The Morgan fingerprint density at radius 2 is 1.82 bits per heavy atom. The number of hydrogen-bond donors (Lipinski definition) is 0. The molecule has 0 heterocycles. The molecule has 0 atom stereocenters. The Hall–Kier alpha value is -0.550. The molecule has 0 saturated carbocycles. The van der Waals surface area contributed by atoms with E-state index in [9.17, 15) is 8.42 Å². The third-order valence-corrected chi connectivity index (χ3v) is 2.09. The number of nitrogens with zero attached hydrogens (tertiary/aromatic N) is 1. The molecule has 0 aromatic carbocycles. The molecule has 0 amide bonds. The van der Waals surface area contributed by atoms with Crippen molar-refractivity contribution in [3.63, 3.8) is 0 Å². The molecule has 5 heteroatoms. The van der Waals surface area contributed by atoms with Gasteiger partial charge in [-0.1, -0.05) is 0 Å². The van der Waals surface area contributed by atoms with Crippen molar-refractivity contribution in [3.8, 4) is 0 Å². The van der Waals surface area contributed by atoms with Crippen LogP contribution in [0.5, 0.6) is 0 Å². The minimum atomic E-state index is -3.54. The maximum Gasteiger partial charge on any atom is 0.384 e. The molecule has 66 valence electrons. The lowest BCUT2D eigenvalue weighted by Crippen LogP contribution is -2.22. The van der Waals surface area contributed by atoms with Gasteiger partial charge in [-0.3, -0.25) is 0 Å². The Labute approximate surface area is 67.7 Å². The second-order valence-corrected chi connectivity index (χ2v) is 4.31. The molecule has 0 aliphatic rings. The highest BCUT2D eigenvalue weighted by molar-refractivity contribution is 7.84. The molecule has 0 fully saturated rings. The lowest BCUT2D eigenvalue weighted by Gasteiger charge is -2.08. The molecule has 0 unspecified atom stereocenters. The largest absolute Gasteiger partial charge is 0.384 e. The van der Waals surface area contributed by atoms with Crippen molar-refractivity contribution in [2.45, 2.75) is 13.8 Å². The Bertz CT molecular complexity index is 237. The van der Waals surface area contributed by atoms with Crippen LogP contribution >= 0.6 is 0 Å². The highest BCUT2D eigenvalue weighted by Crippen LogP contribution is 1.99.